The van der Waals surface area contributed by atoms with E-state index in [1.165, 1.54) is 24.0 Å². The minimum atomic E-state index is -0.903. The largest absolute Gasteiger partial charge is 0.484 e. The lowest BCUT2D eigenvalue weighted by Crippen LogP contribution is -2.48. The van der Waals surface area contributed by atoms with Crippen LogP contribution in [0.3, 0.4) is 0 Å². The molecule has 24 heavy (non-hydrogen) atoms. The van der Waals surface area contributed by atoms with Crippen LogP contribution in [-0.2, 0) is 17.6 Å². The van der Waals surface area contributed by atoms with Gasteiger partial charge in [-0.2, -0.15) is 0 Å². The number of hydrogen-bond donors (Lipinski definition) is 3. The molecule has 1 fully saturated rings. The molecule has 5 heteroatoms. The molecule has 2 aliphatic carbocycles. The summed E-state index contributed by atoms with van der Waals surface area (Å²) in [6.07, 6.45) is 6.01. The quantitative estimate of drug-likeness (QED) is 0.733. The van der Waals surface area contributed by atoms with Crippen molar-refractivity contribution < 1.29 is 19.7 Å². The summed E-state index contributed by atoms with van der Waals surface area (Å²) in [6, 6.07) is 5.64. The van der Waals surface area contributed by atoms with Gasteiger partial charge in [0, 0.05) is 0 Å². The van der Waals surface area contributed by atoms with E-state index < -0.39 is 18.2 Å². The maximum atomic E-state index is 12.1. The number of fused-ring (bicyclic) bond motifs is 1. The fraction of sp³-hybridized carbons (Fsp3) is 0.632. The van der Waals surface area contributed by atoms with Crippen LogP contribution >= 0.6 is 0 Å². The molecular weight excluding hydrogens is 306 g/mol. The predicted molar refractivity (Wildman–Crippen MR) is 91.0 cm³/mol. The molecule has 3 rings (SSSR count). The number of benzene rings is 1. The van der Waals surface area contributed by atoms with Gasteiger partial charge in [-0.15, -0.1) is 0 Å². The van der Waals surface area contributed by atoms with E-state index in [-0.39, 0.29) is 12.5 Å². The topological polar surface area (TPSA) is 78.8 Å². The first kappa shape index (κ1) is 17.2. The maximum Gasteiger partial charge on any atom is 0.258 e. The van der Waals surface area contributed by atoms with Crippen molar-refractivity contribution in [2.24, 2.45) is 0 Å². The molecule has 1 aromatic carbocycles. The first-order chi connectivity index (χ1) is 11.6. The van der Waals surface area contributed by atoms with Crippen LogP contribution in [-0.4, -0.2) is 41.0 Å². The number of aliphatic hydroxyl groups is 2. The van der Waals surface area contributed by atoms with Crippen LogP contribution in [0.5, 0.6) is 5.75 Å². The summed E-state index contributed by atoms with van der Waals surface area (Å²) in [4.78, 5) is 12.1. The molecule has 3 N–H and O–H groups in total. The maximum absolute atomic E-state index is 12.1. The normalized spacial score (nSPS) is 27.0. The van der Waals surface area contributed by atoms with Gasteiger partial charge >= 0.3 is 0 Å². The Morgan fingerprint density at radius 1 is 1.08 bits per heavy atom. The van der Waals surface area contributed by atoms with Crippen molar-refractivity contribution in [2.45, 2.75) is 69.6 Å². The number of aryl methyl sites for hydroxylation is 2. The lowest BCUT2D eigenvalue weighted by atomic mass is 9.92. The zero-order chi connectivity index (χ0) is 16.9. The summed E-state index contributed by atoms with van der Waals surface area (Å²) in [6.45, 7) is -0.0713. The van der Waals surface area contributed by atoms with E-state index >= 15 is 0 Å². The number of carbonyl (C=O) groups excluding carboxylic acids is 1. The Hall–Kier alpha value is -1.59. The Bertz CT molecular complexity index is 574. The second-order valence-corrected chi connectivity index (χ2v) is 6.94. The van der Waals surface area contributed by atoms with Gasteiger partial charge < -0.3 is 20.3 Å². The Morgan fingerprint density at radius 3 is 2.67 bits per heavy atom. The van der Waals surface area contributed by atoms with E-state index in [0.29, 0.717) is 18.6 Å². The van der Waals surface area contributed by atoms with Gasteiger partial charge in [0.2, 0.25) is 0 Å². The molecule has 0 saturated heterocycles. The number of amides is 1. The summed E-state index contributed by atoms with van der Waals surface area (Å²) in [5.74, 6) is 0.457. The van der Waals surface area contributed by atoms with Crippen LogP contribution < -0.4 is 10.1 Å². The highest BCUT2D eigenvalue weighted by Crippen LogP contribution is 2.25. The Labute approximate surface area is 143 Å². The van der Waals surface area contributed by atoms with Gasteiger partial charge in [0.1, 0.15) is 5.75 Å². The first-order valence-corrected chi connectivity index (χ1v) is 9.03. The fourth-order valence-electron chi connectivity index (χ4n) is 3.68. The summed E-state index contributed by atoms with van der Waals surface area (Å²) in [5, 5.41) is 22.7. The Balaban J connectivity index is 1.52. The van der Waals surface area contributed by atoms with Crippen LogP contribution in [0.25, 0.3) is 0 Å². The van der Waals surface area contributed by atoms with Crippen molar-refractivity contribution in [2.75, 3.05) is 6.61 Å². The molecule has 3 atom stereocenters. The summed E-state index contributed by atoms with van der Waals surface area (Å²) in [5.41, 5.74) is 2.70. The van der Waals surface area contributed by atoms with Gasteiger partial charge in [-0.1, -0.05) is 18.9 Å². The van der Waals surface area contributed by atoms with Gasteiger partial charge in [0.15, 0.2) is 6.61 Å². The smallest absolute Gasteiger partial charge is 0.258 e. The third kappa shape index (κ3) is 4.28. The van der Waals surface area contributed by atoms with E-state index in [4.69, 9.17) is 4.74 Å². The second kappa shape index (κ2) is 7.99. The van der Waals surface area contributed by atoms with Crippen molar-refractivity contribution in [3.8, 4) is 5.75 Å². The minimum Gasteiger partial charge on any atom is -0.484 e. The molecule has 0 aliphatic heterocycles. The van der Waals surface area contributed by atoms with E-state index in [1.54, 1.807) is 0 Å². The standard InChI is InChI=1S/C19H27NO4/c21-17-8-4-3-7-16(19(17)23)20-18(22)12-24-15-10-9-13-5-1-2-6-14(13)11-15/h9-11,16-17,19,21,23H,1-8,12H2,(H,20,22)/t16-,17-,19-/m1/s1. The van der Waals surface area contributed by atoms with Crippen LogP contribution in [0.2, 0.25) is 0 Å². The van der Waals surface area contributed by atoms with Crippen molar-refractivity contribution in [1.29, 1.82) is 0 Å². The van der Waals surface area contributed by atoms with E-state index in [0.717, 1.165) is 25.7 Å². The highest BCUT2D eigenvalue weighted by Gasteiger charge is 2.29. The Kier molecular flexibility index (Phi) is 5.74. The zero-order valence-electron chi connectivity index (χ0n) is 14.0. The van der Waals surface area contributed by atoms with E-state index in [1.807, 2.05) is 12.1 Å². The molecule has 1 saturated carbocycles. The lowest BCUT2D eigenvalue weighted by molar-refractivity contribution is -0.125. The van der Waals surface area contributed by atoms with Crippen LogP contribution in [0.1, 0.15) is 49.7 Å². The summed E-state index contributed by atoms with van der Waals surface area (Å²) in [7, 11) is 0. The molecule has 0 radical (unpaired) electrons. The molecule has 0 bridgehead atoms. The summed E-state index contributed by atoms with van der Waals surface area (Å²) >= 11 is 0. The molecule has 0 spiro atoms. The molecule has 5 nitrogen and oxygen atoms in total. The molecule has 132 valence electrons. The SMILES string of the molecule is O=C(COc1ccc2c(c1)CCCC2)N[C@@H]1CCCC[C@@H](O)[C@@H]1O. The fourth-order valence-corrected chi connectivity index (χ4v) is 3.68. The number of nitrogens with one attached hydrogen (secondary N) is 1. The highest BCUT2D eigenvalue weighted by molar-refractivity contribution is 5.78. The van der Waals surface area contributed by atoms with Crippen molar-refractivity contribution in [3.63, 3.8) is 0 Å². The number of ether oxygens (including phenoxy) is 1. The number of aliphatic hydroxyl groups excluding tert-OH is 2. The van der Waals surface area contributed by atoms with Crippen LogP contribution in [0.15, 0.2) is 18.2 Å². The molecule has 0 aromatic heterocycles. The number of carbonyl (C=O) groups is 1. The van der Waals surface area contributed by atoms with Crippen molar-refractivity contribution >= 4 is 5.91 Å². The van der Waals surface area contributed by atoms with E-state index in [2.05, 4.69) is 11.4 Å². The highest BCUT2D eigenvalue weighted by atomic mass is 16.5. The third-order valence-electron chi connectivity index (χ3n) is 5.11. The monoisotopic (exact) mass is 333 g/mol. The lowest BCUT2D eigenvalue weighted by Gasteiger charge is -2.25. The van der Waals surface area contributed by atoms with Crippen molar-refractivity contribution in [3.05, 3.63) is 29.3 Å². The van der Waals surface area contributed by atoms with Gasteiger partial charge in [-0.05, 0) is 61.8 Å². The molecular formula is C19H27NO4. The van der Waals surface area contributed by atoms with Crippen LogP contribution in [0.4, 0.5) is 0 Å². The predicted octanol–water partition coefficient (Wildman–Crippen LogP) is 1.72. The molecule has 1 aromatic rings. The number of rotatable bonds is 4. The van der Waals surface area contributed by atoms with Gasteiger partial charge in [0.05, 0.1) is 18.2 Å². The zero-order valence-corrected chi connectivity index (χ0v) is 14.0. The number of hydrogen-bond acceptors (Lipinski definition) is 4. The first-order valence-electron chi connectivity index (χ1n) is 9.03. The molecule has 1 amide bonds. The average molecular weight is 333 g/mol. The van der Waals surface area contributed by atoms with Gasteiger partial charge in [-0.25, -0.2) is 0 Å². The Morgan fingerprint density at radius 2 is 1.83 bits per heavy atom. The third-order valence-corrected chi connectivity index (χ3v) is 5.11. The molecule has 2 aliphatic rings. The van der Waals surface area contributed by atoms with Gasteiger partial charge in [-0.3, -0.25) is 4.79 Å². The molecule has 0 unspecified atom stereocenters. The van der Waals surface area contributed by atoms with E-state index in [9.17, 15) is 15.0 Å². The van der Waals surface area contributed by atoms with Crippen LogP contribution in [0, 0.1) is 0 Å². The summed E-state index contributed by atoms with van der Waals surface area (Å²) < 4.78 is 5.61. The average Bonchev–Trinajstić information content (AvgIpc) is 2.75. The van der Waals surface area contributed by atoms with Crippen molar-refractivity contribution in [1.82, 2.24) is 5.32 Å². The van der Waals surface area contributed by atoms with Gasteiger partial charge in [0.25, 0.3) is 5.91 Å². The minimum absolute atomic E-state index is 0.0713. The molecule has 0 heterocycles. The second-order valence-electron chi connectivity index (χ2n) is 6.94.